The van der Waals surface area contributed by atoms with Crippen LogP contribution in [0.5, 0.6) is 23.0 Å². The van der Waals surface area contributed by atoms with Crippen LogP contribution in [0.2, 0.25) is 0 Å². The van der Waals surface area contributed by atoms with E-state index in [2.05, 4.69) is 39.2 Å². The van der Waals surface area contributed by atoms with Gasteiger partial charge in [-0.15, -0.1) is 11.8 Å². The molecular formula is C42H43N5O8S. The molecule has 14 heteroatoms. The zero-order valence-electron chi connectivity index (χ0n) is 32.0. The monoisotopic (exact) mass is 777 g/mol. The van der Waals surface area contributed by atoms with E-state index in [0.29, 0.717) is 29.4 Å². The Morgan fingerprint density at radius 1 is 1.07 bits per heavy atom. The van der Waals surface area contributed by atoms with Gasteiger partial charge in [-0.2, -0.15) is 5.26 Å². The Morgan fingerprint density at radius 2 is 1.86 bits per heavy atom. The van der Waals surface area contributed by atoms with Crippen molar-refractivity contribution in [3.63, 3.8) is 0 Å². The number of benzene rings is 3. The number of thioether (sulfide) groups is 1. The number of esters is 1. The molecule has 3 aromatic carbocycles. The summed E-state index contributed by atoms with van der Waals surface area (Å²) in [5.74, 6) is 0.209. The number of aryl methyl sites for hydroxylation is 2. The van der Waals surface area contributed by atoms with Gasteiger partial charge < -0.3 is 34.1 Å². The number of hydrogen-bond donors (Lipinski definition) is 4. The van der Waals surface area contributed by atoms with Crippen LogP contribution in [0.4, 0.5) is 0 Å². The number of aromatic amines is 1. The van der Waals surface area contributed by atoms with Crippen molar-refractivity contribution < 1.29 is 38.7 Å². The second-order valence-corrected chi connectivity index (χ2v) is 17.3. The summed E-state index contributed by atoms with van der Waals surface area (Å²) < 4.78 is 24.6. The number of H-pyrrole nitrogens is 1. The van der Waals surface area contributed by atoms with Crippen molar-refractivity contribution in [2.45, 2.75) is 87.6 Å². The maximum Gasteiger partial charge on any atom is 0.333 e. The fourth-order valence-electron chi connectivity index (χ4n) is 10.9. The number of fused-ring (bicyclic) bond motifs is 11. The number of nitrogens with one attached hydrogen (secondary N) is 2. The van der Waals surface area contributed by atoms with Crippen LogP contribution in [-0.4, -0.2) is 94.4 Å². The number of likely N-dealkylation sites (N-methyl/N-ethyl adjacent to an activating group) is 1. The smallest absolute Gasteiger partial charge is 0.333 e. The fourth-order valence-corrected chi connectivity index (χ4v) is 12.7. The first kappa shape index (κ1) is 35.5. The Labute approximate surface area is 327 Å². The molecule has 8 atom stereocenters. The molecule has 0 radical (unpaired) electrons. The van der Waals surface area contributed by atoms with Crippen molar-refractivity contribution in [2.75, 3.05) is 33.3 Å². The average Bonchev–Trinajstić information content (AvgIpc) is 3.81. The van der Waals surface area contributed by atoms with Crippen LogP contribution in [0.25, 0.3) is 10.9 Å². The number of carbonyl (C=O) groups is 2. The number of hydrogen-bond acceptors (Lipinski definition) is 12. The number of ether oxygens (including phenoxy) is 4. The largest absolute Gasteiger partial charge is 0.504 e. The number of methoxy groups -OCH3 is 1. The highest BCUT2D eigenvalue weighted by Crippen LogP contribution is 2.63. The summed E-state index contributed by atoms with van der Waals surface area (Å²) in [5.41, 5.74) is 8.04. The molecule has 4 aromatic rings. The maximum absolute atomic E-state index is 15.0. The zero-order chi connectivity index (χ0) is 39.1. The van der Waals surface area contributed by atoms with E-state index in [0.717, 1.165) is 61.0 Å². The topological polar surface area (TPSA) is 170 Å². The van der Waals surface area contributed by atoms with Gasteiger partial charge >= 0.3 is 11.9 Å². The lowest BCUT2D eigenvalue weighted by molar-refractivity contribution is -0.158. The fraction of sp³-hybridized carbons (Fsp3) is 0.452. The van der Waals surface area contributed by atoms with Gasteiger partial charge in [0.15, 0.2) is 28.5 Å². The summed E-state index contributed by atoms with van der Waals surface area (Å²) in [4.78, 5) is 35.9. The van der Waals surface area contributed by atoms with Gasteiger partial charge in [-0.25, -0.2) is 4.79 Å². The SMILES string of the molecule is COc1c(C)cc2c(c1O)[C@@H]1[C@@H]3[C@@H]4SC[C@]5(N[C@H](C(=O)O)Cc6c5[nH]c5ccc(C)cc65)C(=O)OC[C@@H](c5c6c(c(C)c(C)c54)OCO6)N3[C@@H](C#N)[C@H](C2)N1C. The van der Waals surface area contributed by atoms with Crippen molar-refractivity contribution in [1.82, 2.24) is 20.1 Å². The average molecular weight is 778 g/mol. The number of phenolic OH excluding ortho intramolecular Hbond substituents is 1. The summed E-state index contributed by atoms with van der Waals surface area (Å²) >= 11 is 1.54. The van der Waals surface area contributed by atoms with Crippen LogP contribution in [0.1, 0.15) is 73.1 Å². The molecule has 0 amide bonds. The second kappa shape index (κ2) is 12.3. The summed E-state index contributed by atoms with van der Waals surface area (Å²) in [6, 6.07) is 7.37. The minimum atomic E-state index is -1.55. The van der Waals surface area contributed by atoms with Crippen LogP contribution in [-0.2, 0) is 32.7 Å². The van der Waals surface area contributed by atoms with Gasteiger partial charge in [0.2, 0.25) is 6.79 Å². The van der Waals surface area contributed by atoms with Crippen LogP contribution in [0.3, 0.4) is 0 Å². The lowest BCUT2D eigenvalue weighted by atomic mass is 9.71. The Hall–Kier alpha value is -4.94. The van der Waals surface area contributed by atoms with E-state index in [-0.39, 0.29) is 37.4 Å². The van der Waals surface area contributed by atoms with Gasteiger partial charge in [0.25, 0.3) is 0 Å². The number of piperazine rings is 1. The molecule has 0 aliphatic carbocycles. The summed E-state index contributed by atoms with van der Waals surface area (Å²) in [6.07, 6.45) is 0.715. The number of carbonyl (C=O) groups excluding carboxylic acids is 1. The summed E-state index contributed by atoms with van der Waals surface area (Å²) in [6.45, 7) is 7.92. The van der Waals surface area contributed by atoms with E-state index in [1.165, 1.54) is 0 Å². The normalized spacial score (nSPS) is 30.2. The predicted molar refractivity (Wildman–Crippen MR) is 206 cm³/mol. The molecule has 13 nitrogen and oxygen atoms in total. The minimum Gasteiger partial charge on any atom is -0.504 e. The first-order valence-corrected chi connectivity index (χ1v) is 20.1. The number of rotatable bonds is 2. The number of aromatic nitrogens is 1. The van der Waals surface area contributed by atoms with Gasteiger partial charge in [0, 0.05) is 51.5 Å². The number of phenols is 1. The molecule has 0 saturated carbocycles. The standard InChI is InChI=1S/C42H43N5O8S/c1-17-7-8-24-22(9-17)23-12-25(40(49)50)45-42(39(23)44-24)15-56-38-29-19(3)20(4)36-37(55-16-54-36)31(29)28(14-53-41(42)51)47-27(13-43)26-11-21-10-18(2)35(52-6)34(48)30(21)32(33(38)47)46(26)5/h7-10,25-28,32-33,38,44-45,48H,11-12,14-16H2,1-6H3,(H,49,50)/t25-,26-,27-,28-,32+,33+,38+,42+/m0/s1. The van der Waals surface area contributed by atoms with E-state index in [1.807, 2.05) is 46.0 Å². The maximum atomic E-state index is 15.0. The van der Waals surface area contributed by atoms with E-state index in [4.69, 9.17) is 18.9 Å². The highest BCUT2D eigenvalue weighted by molar-refractivity contribution is 7.99. The third-order valence-corrected chi connectivity index (χ3v) is 15.0. The number of aromatic hydroxyl groups is 1. The van der Waals surface area contributed by atoms with E-state index < -0.39 is 52.9 Å². The van der Waals surface area contributed by atoms with Crippen molar-refractivity contribution >= 4 is 34.6 Å². The Morgan fingerprint density at radius 3 is 2.61 bits per heavy atom. The molecule has 11 rings (SSSR count). The lowest BCUT2D eigenvalue weighted by Crippen LogP contribution is -2.70. The predicted octanol–water partition coefficient (Wildman–Crippen LogP) is 4.90. The van der Waals surface area contributed by atoms with Gasteiger partial charge in [-0.1, -0.05) is 17.7 Å². The molecule has 4 bridgehead atoms. The molecule has 8 heterocycles. The molecule has 290 valence electrons. The van der Waals surface area contributed by atoms with Gasteiger partial charge in [0.1, 0.15) is 18.7 Å². The Kier molecular flexibility index (Phi) is 7.78. The van der Waals surface area contributed by atoms with E-state index in [9.17, 15) is 25.1 Å². The molecule has 7 aliphatic rings. The molecule has 2 fully saturated rings. The van der Waals surface area contributed by atoms with Crippen LogP contribution >= 0.6 is 11.8 Å². The third-order valence-electron chi connectivity index (χ3n) is 13.5. The molecule has 7 aliphatic heterocycles. The first-order valence-electron chi connectivity index (χ1n) is 19.0. The van der Waals surface area contributed by atoms with Crippen LogP contribution in [0.15, 0.2) is 24.3 Å². The molecule has 1 spiro atoms. The van der Waals surface area contributed by atoms with Crippen molar-refractivity contribution in [2.24, 2.45) is 0 Å². The first-order chi connectivity index (χ1) is 26.9. The number of nitriles is 1. The highest BCUT2D eigenvalue weighted by atomic mass is 32.2. The van der Waals surface area contributed by atoms with Crippen molar-refractivity contribution in [3.05, 3.63) is 80.0 Å². The van der Waals surface area contributed by atoms with Gasteiger partial charge in [0.05, 0.1) is 31.0 Å². The number of carboxylic acid groups (broad SMARTS) is 1. The molecule has 4 N–H and O–H groups in total. The summed E-state index contributed by atoms with van der Waals surface area (Å²) in [7, 11) is 3.59. The zero-order valence-corrected chi connectivity index (χ0v) is 32.8. The van der Waals surface area contributed by atoms with Gasteiger partial charge in [-0.3, -0.25) is 19.9 Å². The van der Waals surface area contributed by atoms with Crippen molar-refractivity contribution in [3.8, 4) is 29.1 Å². The van der Waals surface area contributed by atoms with E-state index in [1.54, 1.807) is 18.9 Å². The van der Waals surface area contributed by atoms with E-state index >= 15 is 0 Å². The molecule has 1 aromatic heterocycles. The Balaban J connectivity index is 1.24. The molecule has 2 saturated heterocycles. The number of carboxylic acids is 1. The molecule has 0 unspecified atom stereocenters. The van der Waals surface area contributed by atoms with Gasteiger partial charge in [-0.05, 0) is 86.7 Å². The Bertz CT molecular complexity index is 2460. The number of nitrogens with zero attached hydrogens (tertiary/aromatic N) is 3. The quantitative estimate of drug-likeness (QED) is 0.203. The summed E-state index contributed by atoms with van der Waals surface area (Å²) in [5, 5.41) is 37.5. The van der Waals surface area contributed by atoms with Crippen LogP contribution < -0.4 is 19.5 Å². The third kappa shape index (κ3) is 4.54. The van der Waals surface area contributed by atoms with Crippen molar-refractivity contribution in [1.29, 1.82) is 5.26 Å². The minimum absolute atomic E-state index is 0.0438. The second-order valence-electron chi connectivity index (χ2n) is 16.2. The highest BCUT2D eigenvalue weighted by Gasteiger charge is 2.62. The molecular weight excluding hydrogens is 735 g/mol. The lowest BCUT2D eigenvalue weighted by Gasteiger charge is -2.62. The number of aliphatic carboxylic acids is 1. The van der Waals surface area contributed by atoms with Crippen LogP contribution in [0, 0.1) is 39.0 Å². The molecule has 56 heavy (non-hydrogen) atoms.